The summed E-state index contributed by atoms with van der Waals surface area (Å²) in [5.41, 5.74) is 12.5. The molecule has 0 fully saturated rings. The maximum Gasteiger partial charge on any atom is 0.242 e. The molecule has 0 rings (SSSR count). The summed E-state index contributed by atoms with van der Waals surface area (Å²) in [5, 5.41) is 16.0. The minimum absolute atomic E-state index is 0.0836. The van der Waals surface area contributed by atoms with Crippen molar-refractivity contribution in [3.63, 3.8) is 0 Å². The zero-order valence-corrected chi connectivity index (χ0v) is 36.4. The van der Waals surface area contributed by atoms with E-state index in [1.165, 1.54) is 27.9 Å². The van der Waals surface area contributed by atoms with Crippen LogP contribution in [0.1, 0.15) is 196 Å². The van der Waals surface area contributed by atoms with Crippen LogP contribution in [0.3, 0.4) is 0 Å². The van der Waals surface area contributed by atoms with Gasteiger partial charge in [0, 0.05) is 32.4 Å². The predicted molar refractivity (Wildman–Crippen MR) is 236 cm³/mol. The Morgan fingerprint density at radius 1 is 0.491 bits per heavy atom. The molecule has 0 aliphatic rings. The number of amidine groups is 1. The van der Waals surface area contributed by atoms with E-state index in [2.05, 4.69) is 87.9 Å². The Kier molecular flexibility index (Phi) is 32.8. The van der Waals surface area contributed by atoms with E-state index >= 15 is 0 Å². The molecule has 8 nitrogen and oxygen atoms in total. The van der Waals surface area contributed by atoms with Crippen molar-refractivity contribution in [2.24, 2.45) is 5.73 Å². The Labute approximate surface area is 337 Å². The van der Waals surface area contributed by atoms with Crippen molar-refractivity contribution in [3.05, 3.63) is 58.2 Å². The number of rotatable bonds is 34. The van der Waals surface area contributed by atoms with Crippen LogP contribution in [-0.2, 0) is 14.4 Å². The topological polar surface area (TPSA) is 137 Å². The van der Waals surface area contributed by atoms with Gasteiger partial charge in [-0.2, -0.15) is 0 Å². The number of amides is 3. The molecule has 0 bridgehead atoms. The summed E-state index contributed by atoms with van der Waals surface area (Å²) in [6.45, 7) is 16.3. The van der Waals surface area contributed by atoms with Crippen molar-refractivity contribution in [2.75, 3.05) is 13.1 Å². The van der Waals surface area contributed by atoms with Crippen LogP contribution in [0.5, 0.6) is 0 Å². The van der Waals surface area contributed by atoms with Crippen molar-refractivity contribution >= 4 is 23.6 Å². The van der Waals surface area contributed by atoms with E-state index in [1.54, 1.807) is 6.92 Å². The van der Waals surface area contributed by atoms with Gasteiger partial charge in [0.2, 0.25) is 17.7 Å². The lowest BCUT2D eigenvalue weighted by Crippen LogP contribution is -2.45. The molecule has 6 N–H and O–H groups in total. The fourth-order valence-electron chi connectivity index (χ4n) is 6.21. The Hall–Kier alpha value is -3.42. The quantitative estimate of drug-likeness (QED) is 0.0193. The van der Waals surface area contributed by atoms with Crippen molar-refractivity contribution in [1.82, 2.24) is 16.0 Å². The van der Waals surface area contributed by atoms with Crippen molar-refractivity contribution in [2.45, 2.75) is 202 Å². The molecular formula is C47H83N5O3. The zero-order valence-electron chi connectivity index (χ0n) is 36.4. The fraction of sp³-hybridized carbons (Fsp3) is 0.702. The summed E-state index contributed by atoms with van der Waals surface area (Å²) in [6.07, 6.45) is 34.1. The second-order valence-corrected chi connectivity index (χ2v) is 16.0. The highest BCUT2D eigenvalue weighted by Gasteiger charge is 2.14. The standard InChI is InChI=1S/C47H83N5O3/c1-38(2)24-21-27-41(5)30-22-28-39(3)25-17-18-26-40(4)29-23-31-42(6)34-35-45(53)50-36-19-13-8-9-14-20-37-51-47(55)43(7)52-46(54)33-16-12-10-11-15-32-44(48)49/h24-26,30-31,43H,8-23,27-29,32-37H2,1-7H3,(H3,48,49)(H,50,53)(H,51,55)(H,52,54)/b39-25+,40-26+,41-30+,42-31+. The third kappa shape index (κ3) is 36.0. The molecule has 3 amide bonds. The molecule has 0 spiro atoms. The van der Waals surface area contributed by atoms with E-state index < -0.39 is 6.04 Å². The minimum Gasteiger partial charge on any atom is -0.388 e. The van der Waals surface area contributed by atoms with Gasteiger partial charge in [0.25, 0.3) is 0 Å². The first-order chi connectivity index (χ1) is 26.3. The van der Waals surface area contributed by atoms with E-state index in [0.717, 1.165) is 135 Å². The second-order valence-electron chi connectivity index (χ2n) is 16.0. The number of carbonyl (C=O) groups excluding carboxylic acids is 3. The highest BCUT2D eigenvalue weighted by molar-refractivity contribution is 5.87. The molecule has 0 heterocycles. The van der Waals surface area contributed by atoms with Crippen molar-refractivity contribution in [1.29, 1.82) is 5.41 Å². The molecule has 0 aromatic heterocycles. The van der Waals surface area contributed by atoms with Gasteiger partial charge in [-0.3, -0.25) is 19.8 Å². The minimum atomic E-state index is -0.529. The third-order valence-corrected chi connectivity index (χ3v) is 9.90. The summed E-state index contributed by atoms with van der Waals surface area (Å²) in [7, 11) is 0. The predicted octanol–water partition coefficient (Wildman–Crippen LogP) is 11.4. The molecule has 0 saturated heterocycles. The Morgan fingerprint density at radius 3 is 1.42 bits per heavy atom. The van der Waals surface area contributed by atoms with Crippen LogP contribution in [0.25, 0.3) is 0 Å². The first-order valence-corrected chi connectivity index (χ1v) is 21.7. The molecule has 1 atom stereocenters. The number of unbranched alkanes of at least 4 members (excludes halogenated alkanes) is 10. The van der Waals surface area contributed by atoms with Crippen LogP contribution in [0.4, 0.5) is 0 Å². The van der Waals surface area contributed by atoms with E-state index in [4.69, 9.17) is 11.1 Å². The maximum absolute atomic E-state index is 12.3. The molecule has 0 aromatic carbocycles. The maximum atomic E-state index is 12.3. The van der Waals surface area contributed by atoms with Gasteiger partial charge in [0.1, 0.15) is 6.04 Å². The number of carbonyl (C=O) groups is 3. The largest absolute Gasteiger partial charge is 0.388 e. The summed E-state index contributed by atoms with van der Waals surface area (Å²) in [4.78, 5) is 36.8. The number of hydrogen-bond donors (Lipinski definition) is 5. The molecule has 0 aliphatic heterocycles. The van der Waals surface area contributed by atoms with Gasteiger partial charge in [-0.15, -0.1) is 0 Å². The van der Waals surface area contributed by atoms with Crippen molar-refractivity contribution in [3.8, 4) is 0 Å². The Morgan fingerprint density at radius 2 is 0.909 bits per heavy atom. The lowest BCUT2D eigenvalue weighted by molar-refractivity contribution is -0.128. The lowest BCUT2D eigenvalue weighted by atomic mass is 10.0. The summed E-state index contributed by atoms with van der Waals surface area (Å²) in [5.74, 6) is 0.147. The van der Waals surface area contributed by atoms with E-state index in [1.807, 2.05) is 0 Å². The molecule has 1 unspecified atom stereocenters. The van der Waals surface area contributed by atoms with Crippen LogP contribution in [0, 0.1) is 5.41 Å². The summed E-state index contributed by atoms with van der Waals surface area (Å²) < 4.78 is 0. The molecular weight excluding hydrogens is 683 g/mol. The monoisotopic (exact) mass is 766 g/mol. The number of nitrogens with two attached hydrogens (primary N) is 1. The van der Waals surface area contributed by atoms with E-state index in [9.17, 15) is 14.4 Å². The SMILES string of the molecule is CC(C)=CCC/C(C)=C/CC/C(C)=C/CC/C=C(\C)CC/C=C(\C)CCC(=O)NCCCCCCCCNC(=O)C(C)NC(=O)CCCCCCCC(=N)N. The lowest BCUT2D eigenvalue weighted by Gasteiger charge is -2.14. The molecule has 0 saturated carbocycles. The number of hydrogen-bond acceptors (Lipinski definition) is 4. The van der Waals surface area contributed by atoms with Crippen LogP contribution >= 0.6 is 0 Å². The van der Waals surface area contributed by atoms with Gasteiger partial charge < -0.3 is 21.7 Å². The summed E-state index contributed by atoms with van der Waals surface area (Å²) >= 11 is 0. The average molecular weight is 766 g/mol. The average Bonchev–Trinajstić information content (AvgIpc) is 3.12. The summed E-state index contributed by atoms with van der Waals surface area (Å²) in [6, 6.07) is -0.529. The smallest absolute Gasteiger partial charge is 0.242 e. The molecule has 0 radical (unpaired) electrons. The van der Waals surface area contributed by atoms with Gasteiger partial charge >= 0.3 is 0 Å². The van der Waals surface area contributed by atoms with Gasteiger partial charge in [-0.05, 0) is 132 Å². The first kappa shape index (κ1) is 51.6. The van der Waals surface area contributed by atoms with E-state index in [-0.39, 0.29) is 23.6 Å². The van der Waals surface area contributed by atoms with Gasteiger partial charge in [0.15, 0.2) is 0 Å². The first-order valence-electron chi connectivity index (χ1n) is 21.7. The second kappa shape index (κ2) is 35.0. The van der Waals surface area contributed by atoms with Crippen LogP contribution < -0.4 is 21.7 Å². The van der Waals surface area contributed by atoms with Gasteiger partial charge in [0.05, 0.1) is 5.84 Å². The van der Waals surface area contributed by atoms with Crippen molar-refractivity contribution < 1.29 is 14.4 Å². The van der Waals surface area contributed by atoms with Gasteiger partial charge in [-0.25, -0.2) is 0 Å². The fourth-order valence-corrected chi connectivity index (χ4v) is 6.21. The number of allylic oxidation sites excluding steroid dienone is 10. The van der Waals surface area contributed by atoms with Crippen LogP contribution in [-0.4, -0.2) is 42.7 Å². The van der Waals surface area contributed by atoms with Crippen LogP contribution in [0.2, 0.25) is 0 Å². The Bertz CT molecular complexity index is 1240. The van der Waals surface area contributed by atoms with Crippen LogP contribution in [0.15, 0.2) is 58.2 Å². The Balaban J connectivity index is 3.84. The zero-order chi connectivity index (χ0) is 41.1. The molecule has 0 aliphatic carbocycles. The third-order valence-electron chi connectivity index (χ3n) is 9.90. The van der Waals surface area contributed by atoms with Gasteiger partial charge in [-0.1, -0.05) is 103 Å². The number of nitrogens with one attached hydrogen (secondary N) is 4. The highest BCUT2D eigenvalue weighted by atomic mass is 16.2. The molecule has 0 aromatic rings. The molecule has 314 valence electrons. The molecule has 8 heteroatoms. The highest BCUT2D eigenvalue weighted by Crippen LogP contribution is 2.15. The normalized spacial score (nSPS) is 13.0. The van der Waals surface area contributed by atoms with E-state index in [0.29, 0.717) is 25.8 Å². The molecule has 55 heavy (non-hydrogen) atoms.